The number of terminal acetylenes is 1. The molecule has 0 radical (unpaired) electrons. The van der Waals surface area contributed by atoms with Crippen LogP contribution in [0, 0.1) is 18.3 Å². The van der Waals surface area contributed by atoms with Gasteiger partial charge in [-0.15, -0.1) is 12.3 Å². The lowest BCUT2D eigenvalue weighted by molar-refractivity contribution is -0.121. The molecular weight excluding hydrogens is 156 g/mol. The summed E-state index contributed by atoms with van der Waals surface area (Å²) in [7, 11) is 0. The monoisotopic (exact) mass is 166 g/mol. The lowest BCUT2D eigenvalue weighted by Crippen LogP contribution is -2.35. The summed E-state index contributed by atoms with van der Waals surface area (Å²) in [6.07, 6.45) is 5.57. The Bertz CT molecular complexity index is 254. The van der Waals surface area contributed by atoms with Gasteiger partial charge in [0.15, 0.2) is 0 Å². The third kappa shape index (κ3) is 1.56. The van der Waals surface area contributed by atoms with Gasteiger partial charge in [0.05, 0.1) is 0 Å². The summed E-state index contributed by atoms with van der Waals surface area (Å²) in [5.41, 5.74) is 0. The number of carbonyl (C=O) groups is 2. The van der Waals surface area contributed by atoms with Gasteiger partial charge >= 0.3 is 6.03 Å². The smallest absolute Gasteiger partial charge is 0.322 e. The zero-order valence-corrected chi connectivity index (χ0v) is 6.76. The zero-order valence-electron chi connectivity index (χ0n) is 6.76. The molecular formula is C8H10N2O2. The van der Waals surface area contributed by atoms with Gasteiger partial charge in [0.1, 0.15) is 6.04 Å². The minimum Gasteiger partial charge on any atom is -0.326 e. The molecule has 0 aromatic rings. The van der Waals surface area contributed by atoms with Gasteiger partial charge in [0.2, 0.25) is 0 Å². The first-order valence-corrected chi connectivity index (χ1v) is 3.70. The highest BCUT2D eigenvalue weighted by Crippen LogP contribution is 2.10. The molecule has 0 spiro atoms. The van der Waals surface area contributed by atoms with Crippen LogP contribution in [0.15, 0.2) is 0 Å². The Labute approximate surface area is 70.7 Å². The largest absolute Gasteiger partial charge is 0.326 e. The first-order valence-electron chi connectivity index (χ1n) is 3.70. The summed E-state index contributed by atoms with van der Waals surface area (Å²) in [5, 5.41) is 4.64. The molecule has 64 valence electrons. The van der Waals surface area contributed by atoms with Crippen LogP contribution < -0.4 is 10.6 Å². The quantitative estimate of drug-likeness (QED) is 0.443. The van der Waals surface area contributed by atoms with Gasteiger partial charge < -0.3 is 5.32 Å². The first-order chi connectivity index (χ1) is 5.65. The molecule has 1 heterocycles. The maximum Gasteiger partial charge on any atom is 0.322 e. The van der Waals surface area contributed by atoms with Crippen molar-refractivity contribution in [1.82, 2.24) is 10.6 Å². The molecule has 3 amide bonds. The van der Waals surface area contributed by atoms with Crippen LogP contribution in [0.4, 0.5) is 4.79 Å². The number of carbonyl (C=O) groups excluding carboxylic acids is 2. The molecule has 4 heteroatoms. The Morgan fingerprint density at radius 2 is 2.33 bits per heavy atom. The predicted octanol–water partition coefficient (Wildman–Crippen LogP) is -0.146. The van der Waals surface area contributed by atoms with Crippen molar-refractivity contribution < 1.29 is 9.59 Å². The summed E-state index contributed by atoms with van der Waals surface area (Å²) in [5.74, 6) is 2.15. The van der Waals surface area contributed by atoms with E-state index in [2.05, 4.69) is 16.6 Å². The predicted molar refractivity (Wildman–Crippen MR) is 43.1 cm³/mol. The van der Waals surface area contributed by atoms with Crippen molar-refractivity contribution in [2.45, 2.75) is 19.4 Å². The average Bonchev–Trinajstić information content (AvgIpc) is 2.30. The molecule has 0 aromatic heterocycles. The van der Waals surface area contributed by atoms with Crippen LogP contribution in [-0.4, -0.2) is 18.0 Å². The molecule has 0 saturated carbocycles. The van der Waals surface area contributed by atoms with Crippen molar-refractivity contribution >= 4 is 11.9 Å². The molecule has 1 fully saturated rings. The minimum absolute atomic E-state index is 0.0125. The van der Waals surface area contributed by atoms with E-state index in [0.29, 0.717) is 6.42 Å². The fourth-order valence-corrected chi connectivity index (χ4v) is 1.14. The lowest BCUT2D eigenvalue weighted by Gasteiger charge is -2.12. The van der Waals surface area contributed by atoms with Crippen LogP contribution in [0.3, 0.4) is 0 Å². The van der Waals surface area contributed by atoms with Crippen LogP contribution in [0.25, 0.3) is 0 Å². The van der Waals surface area contributed by atoms with Gasteiger partial charge in [0.25, 0.3) is 5.91 Å². The number of hydrogen-bond acceptors (Lipinski definition) is 2. The molecule has 4 nitrogen and oxygen atoms in total. The molecule has 1 unspecified atom stereocenters. The van der Waals surface area contributed by atoms with E-state index in [1.165, 1.54) is 0 Å². The van der Waals surface area contributed by atoms with Crippen LogP contribution in [0.1, 0.15) is 13.3 Å². The molecule has 2 atom stereocenters. The molecule has 12 heavy (non-hydrogen) atoms. The lowest BCUT2D eigenvalue weighted by atomic mass is 9.99. The second-order valence-corrected chi connectivity index (χ2v) is 2.83. The van der Waals surface area contributed by atoms with Crippen molar-refractivity contribution in [3.05, 3.63) is 0 Å². The maximum atomic E-state index is 11.0. The molecule has 0 aromatic carbocycles. The second-order valence-electron chi connectivity index (χ2n) is 2.83. The molecule has 0 bridgehead atoms. The summed E-state index contributed by atoms with van der Waals surface area (Å²) >= 11 is 0. The van der Waals surface area contributed by atoms with Gasteiger partial charge in [-0.05, 0) is 5.92 Å². The van der Waals surface area contributed by atoms with Gasteiger partial charge in [0, 0.05) is 6.42 Å². The van der Waals surface area contributed by atoms with Gasteiger partial charge in [-0.25, -0.2) is 4.79 Å². The number of nitrogens with one attached hydrogen (secondary N) is 2. The topological polar surface area (TPSA) is 58.2 Å². The number of urea groups is 1. The number of rotatable bonds is 2. The molecule has 1 rings (SSSR count). The number of hydrogen-bond donors (Lipinski definition) is 2. The van der Waals surface area contributed by atoms with Crippen LogP contribution in [0.5, 0.6) is 0 Å². The Morgan fingerprint density at radius 1 is 1.67 bits per heavy atom. The van der Waals surface area contributed by atoms with Crippen molar-refractivity contribution in [3.63, 3.8) is 0 Å². The fourth-order valence-electron chi connectivity index (χ4n) is 1.14. The van der Waals surface area contributed by atoms with E-state index < -0.39 is 12.1 Å². The van der Waals surface area contributed by atoms with E-state index in [-0.39, 0.29) is 11.8 Å². The Hall–Kier alpha value is -1.50. The standard InChI is InChI=1S/C8H10N2O2/c1-3-4-5(2)6-7(11)10-8(12)9-6/h1,5-6H,4H2,2H3,(H2,9,10,11,12)/t5-,6?/m1/s1. The SMILES string of the molecule is C#CC[C@@H](C)C1NC(=O)NC1=O. The third-order valence-corrected chi connectivity index (χ3v) is 1.81. The molecule has 2 N–H and O–H groups in total. The van der Waals surface area contributed by atoms with Crippen molar-refractivity contribution in [1.29, 1.82) is 0 Å². The molecule has 1 saturated heterocycles. The number of amides is 3. The van der Waals surface area contributed by atoms with E-state index in [0.717, 1.165) is 0 Å². The normalized spacial score (nSPS) is 24.2. The first kappa shape index (κ1) is 8.60. The Kier molecular flexibility index (Phi) is 2.34. The summed E-state index contributed by atoms with van der Waals surface area (Å²) in [6, 6.07) is -0.901. The summed E-state index contributed by atoms with van der Waals surface area (Å²) in [6.45, 7) is 1.83. The van der Waals surface area contributed by atoms with Crippen molar-refractivity contribution in [2.24, 2.45) is 5.92 Å². The van der Waals surface area contributed by atoms with E-state index in [1.54, 1.807) is 0 Å². The molecule has 1 aliphatic rings. The Morgan fingerprint density at radius 3 is 2.75 bits per heavy atom. The number of imide groups is 1. The highest BCUT2D eigenvalue weighted by atomic mass is 16.2. The van der Waals surface area contributed by atoms with Crippen LogP contribution >= 0.6 is 0 Å². The second kappa shape index (κ2) is 3.26. The van der Waals surface area contributed by atoms with E-state index in [9.17, 15) is 9.59 Å². The highest BCUT2D eigenvalue weighted by molar-refractivity contribution is 6.04. The molecule has 0 aliphatic carbocycles. The van der Waals surface area contributed by atoms with Crippen molar-refractivity contribution in [2.75, 3.05) is 0 Å². The summed E-state index contributed by atoms with van der Waals surface area (Å²) < 4.78 is 0. The van der Waals surface area contributed by atoms with Crippen LogP contribution in [-0.2, 0) is 4.79 Å². The molecule has 1 aliphatic heterocycles. The highest BCUT2D eigenvalue weighted by Gasteiger charge is 2.33. The van der Waals surface area contributed by atoms with E-state index in [1.807, 2.05) is 6.92 Å². The van der Waals surface area contributed by atoms with Gasteiger partial charge in [-0.1, -0.05) is 6.92 Å². The summed E-state index contributed by atoms with van der Waals surface area (Å²) in [4.78, 5) is 21.7. The van der Waals surface area contributed by atoms with E-state index in [4.69, 9.17) is 6.42 Å². The zero-order chi connectivity index (χ0) is 9.14. The third-order valence-electron chi connectivity index (χ3n) is 1.81. The van der Waals surface area contributed by atoms with Gasteiger partial charge in [-0.2, -0.15) is 0 Å². The van der Waals surface area contributed by atoms with E-state index >= 15 is 0 Å². The average molecular weight is 166 g/mol. The van der Waals surface area contributed by atoms with Crippen LogP contribution in [0.2, 0.25) is 0 Å². The maximum absolute atomic E-state index is 11.0. The van der Waals surface area contributed by atoms with Gasteiger partial charge in [-0.3, -0.25) is 10.1 Å². The Balaban J connectivity index is 2.59. The fraction of sp³-hybridized carbons (Fsp3) is 0.500. The van der Waals surface area contributed by atoms with Crippen molar-refractivity contribution in [3.8, 4) is 12.3 Å². The minimum atomic E-state index is -0.464.